The molecule has 7 nitrogen and oxygen atoms in total. The van der Waals surface area contributed by atoms with E-state index >= 15 is 0 Å². The van der Waals surface area contributed by atoms with Gasteiger partial charge in [-0.25, -0.2) is 0 Å². The van der Waals surface area contributed by atoms with E-state index in [1.54, 1.807) is 31.2 Å². The summed E-state index contributed by atoms with van der Waals surface area (Å²) in [5.41, 5.74) is 5.74. The summed E-state index contributed by atoms with van der Waals surface area (Å²) in [6, 6.07) is -0.753. The Hall–Kier alpha value is -1.44. The van der Waals surface area contributed by atoms with Gasteiger partial charge in [0.25, 0.3) is 0 Å². The van der Waals surface area contributed by atoms with Crippen LogP contribution >= 0.6 is 0 Å². The SMILES string of the molecule is CN(CC1(O)CCOCC1)C(=O)C(N)c1cnn(C)c1. The quantitative estimate of drug-likeness (QED) is 0.770. The lowest BCUT2D eigenvalue weighted by Crippen LogP contribution is -2.49. The van der Waals surface area contributed by atoms with Gasteiger partial charge >= 0.3 is 0 Å². The zero-order valence-corrected chi connectivity index (χ0v) is 12.0. The molecule has 0 spiro atoms. The van der Waals surface area contributed by atoms with Gasteiger partial charge in [-0.2, -0.15) is 5.10 Å². The monoisotopic (exact) mass is 282 g/mol. The summed E-state index contributed by atoms with van der Waals surface area (Å²) in [7, 11) is 3.43. The number of hydrogen-bond acceptors (Lipinski definition) is 5. The topological polar surface area (TPSA) is 93.6 Å². The van der Waals surface area contributed by atoms with Crippen molar-refractivity contribution >= 4 is 5.91 Å². The second kappa shape index (κ2) is 5.90. The second-order valence-electron chi connectivity index (χ2n) is 5.46. The number of carbonyl (C=O) groups excluding carboxylic acids is 1. The zero-order chi connectivity index (χ0) is 14.8. The second-order valence-corrected chi connectivity index (χ2v) is 5.46. The van der Waals surface area contributed by atoms with Crippen molar-refractivity contribution in [3.8, 4) is 0 Å². The third kappa shape index (κ3) is 3.36. The summed E-state index contributed by atoms with van der Waals surface area (Å²) in [6.45, 7) is 1.31. The molecule has 1 aliphatic heterocycles. The fraction of sp³-hybridized carbons (Fsp3) is 0.692. The molecule has 1 saturated heterocycles. The summed E-state index contributed by atoms with van der Waals surface area (Å²) in [5, 5.41) is 14.4. The average Bonchev–Trinajstić information content (AvgIpc) is 2.84. The van der Waals surface area contributed by atoms with E-state index in [0.29, 0.717) is 31.6 Å². The Bertz CT molecular complexity index is 468. The molecule has 0 radical (unpaired) electrons. The Morgan fingerprint density at radius 2 is 2.30 bits per heavy atom. The van der Waals surface area contributed by atoms with Crippen LogP contribution in [-0.4, -0.2) is 58.1 Å². The van der Waals surface area contributed by atoms with Gasteiger partial charge in [-0.1, -0.05) is 0 Å². The first-order chi connectivity index (χ1) is 9.41. The molecule has 0 aliphatic carbocycles. The summed E-state index contributed by atoms with van der Waals surface area (Å²) >= 11 is 0. The van der Waals surface area contributed by atoms with Gasteiger partial charge < -0.3 is 20.5 Å². The van der Waals surface area contributed by atoms with Gasteiger partial charge in [0.15, 0.2) is 0 Å². The molecule has 1 atom stereocenters. The van der Waals surface area contributed by atoms with Crippen molar-refractivity contribution in [3.05, 3.63) is 18.0 Å². The van der Waals surface area contributed by atoms with Crippen LogP contribution in [0.15, 0.2) is 12.4 Å². The molecule has 1 aliphatic rings. The smallest absolute Gasteiger partial charge is 0.244 e. The van der Waals surface area contributed by atoms with E-state index in [4.69, 9.17) is 10.5 Å². The van der Waals surface area contributed by atoms with Gasteiger partial charge in [0.1, 0.15) is 6.04 Å². The maximum Gasteiger partial charge on any atom is 0.244 e. The van der Waals surface area contributed by atoms with E-state index in [1.165, 1.54) is 4.90 Å². The van der Waals surface area contributed by atoms with Crippen molar-refractivity contribution in [3.63, 3.8) is 0 Å². The lowest BCUT2D eigenvalue weighted by Gasteiger charge is -2.36. The Morgan fingerprint density at radius 3 is 2.85 bits per heavy atom. The summed E-state index contributed by atoms with van der Waals surface area (Å²) in [5.74, 6) is -0.224. The molecule has 7 heteroatoms. The molecule has 3 N–H and O–H groups in total. The molecule has 0 saturated carbocycles. The van der Waals surface area contributed by atoms with E-state index in [9.17, 15) is 9.90 Å². The molecule has 20 heavy (non-hydrogen) atoms. The molecular formula is C13H22N4O3. The van der Waals surface area contributed by atoms with E-state index in [1.807, 2.05) is 0 Å². The predicted molar refractivity (Wildman–Crippen MR) is 72.8 cm³/mol. The summed E-state index contributed by atoms with van der Waals surface area (Å²) < 4.78 is 6.83. The van der Waals surface area contributed by atoms with Gasteiger partial charge in [-0.05, 0) is 0 Å². The van der Waals surface area contributed by atoms with Gasteiger partial charge in [0.05, 0.1) is 11.8 Å². The minimum absolute atomic E-state index is 0.224. The Kier molecular flexibility index (Phi) is 4.42. The number of carbonyl (C=O) groups is 1. The van der Waals surface area contributed by atoms with E-state index in [-0.39, 0.29) is 12.5 Å². The predicted octanol–water partition coefficient (Wildman–Crippen LogP) is -0.580. The van der Waals surface area contributed by atoms with Crippen molar-refractivity contribution < 1.29 is 14.6 Å². The average molecular weight is 282 g/mol. The minimum atomic E-state index is -0.878. The fourth-order valence-corrected chi connectivity index (χ4v) is 2.41. The maximum absolute atomic E-state index is 12.3. The summed E-state index contributed by atoms with van der Waals surface area (Å²) in [6.07, 6.45) is 4.37. The van der Waals surface area contributed by atoms with Crippen molar-refractivity contribution in [1.82, 2.24) is 14.7 Å². The van der Waals surface area contributed by atoms with Crippen molar-refractivity contribution in [2.24, 2.45) is 12.8 Å². The molecule has 0 aromatic carbocycles. The Morgan fingerprint density at radius 1 is 1.65 bits per heavy atom. The number of ether oxygens (including phenoxy) is 1. The minimum Gasteiger partial charge on any atom is -0.388 e. The Labute approximate surface area is 118 Å². The molecule has 112 valence electrons. The molecule has 2 rings (SSSR count). The molecule has 1 aromatic heterocycles. The van der Waals surface area contributed by atoms with Crippen molar-refractivity contribution in [2.45, 2.75) is 24.5 Å². The standard InChI is InChI=1S/C13H22N4O3/c1-16(9-13(19)3-5-20-6-4-13)12(18)11(14)10-7-15-17(2)8-10/h7-8,11,19H,3-6,9,14H2,1-2H3. The molecule has 0 bridgehead atoms. The third-order valence-corrected chi connectivity index (χ3v) is 3.68. The van der Waals surface area contributed by atoms with Gasteiger partial charge in [-0.3, -0.25) is 9.48 Å². The van der Waals surface area contributed by atoms with Crippen LogP contribution in [0.2, 0.25) is 0 Å². The van der Waals surface area contributed by atoms with Crippen LogP contribution in [0, 0.1) is 0 Å². The van der Waals surface area contributed by atoms with Crippen LogP contribution in [0.25, 0.3) is 0 Å². The number of amides is 1. The van der Waals surface area contributed by atoms with Crippen LogP contribution in [0.5, 0.6) is 0 Å². The van der Waals surface area contributed by atoms with Gasteiger partial charge in [0, 0.05) is 58.5 Å². The molecule has 2 heterocycles. The highest BCUT2D eigenvalue weighted by Crippen LogP contribution is 2.22. The molecule has 1 amide bonds. The van der Waals surface area contributed by atoms with Crippen LogP contribution in [0.3, 0.4) is 0 Å². The number of nitrogens with two attached hydrogens (primary N) is 1. The van der Waals surface area contributed by atoms with Crippen LogP contribution in [0.4, 0.5) is 0 Å². The highest BCUT2D eigenvalue weighted by molar-refractivity contribution is 5.82. The Balaban J connectivity index is 1.97. The molecule has 1 unspecified atom stereocenters. The third-order valence-electron chi connectivity index (χ3n) is 3.68. The maximum atomic E-state index is 12.3. The van der Waals surface area contributed by atoms with Crippen LogP contribution < -0.4 is 5.73 Å². The number of rotatable bonds is 4. The first kappa shape index (κ1) is 15.0. The molecular weight excluding hydrogens is 260 g/mol. The number of hydrogen-bond donors (Lipinski definition) is 2. The van der Waals surface area contributed by atoms with Crippen LogP contribution in [0.1, 0.15) is 24.4 Å². The first-order valence-corrected chi connectivity index (χ1v) is 6.70. The van der Waals surface area contributed by atoms with E-state index in [0.717, 1.165) is 0 Å². The normalized spacial score (nSPS) is 19.6. The number of aromatic nitrogens is 2. The zero-order valence-electron chi connectivity index (χ0n) is 12.0. The van der Waals surface area contributed by atoms with Gasteiger partial charge in [0.2, 0.25) is 5.91 Å². The lowest BCUT2D eigenvalue weighted by atomic mass is 9.93. The molecule has 1 fully saturated rings. The number of aryl methyl sites for hydroxylation is 1. The highest BCUT2D eigenvalue weighted by atomic mass is 16.5. The van der Waals surface area contributed by atoms with Crippen LogP contribution in [-0.2, 0) is 16.6 Å². The number of likely N-dealkylation sites (N-methyl/N-ethyl adjacent to an activating group) is 1. The van der Waals surface area contributed by atoms with Crippen molar-refractivity contribution in [2.75, 3.05) is 26.8 Å². The first-order valence-electron chi connectivity index (χ1n) is 6.70. The van der Waals surface area contributed by atoms with E-state index < -0.39 is 11.6 Å². The number of aliphatic hydroxyl groups is 1. The highest BCUT2D eigenvalue weighted by Gasteiger charge is 2.33. The van der Waals surface area contributed by atoms with Crippen molar-refractivity contribution in [1.29, 1.82) is 0 Å². The summed E-state index contributed by atoms with van der Waals surface area (Å²) in [4.78, 5) is 13.8. The number of nitrogens with zero attached hydrogens (tertiary/aromatic N) is 3. The molecule has 1 aromatic rings. The van der Waals surface area contributed by atoms with Gasteiger partial charge in [-0.15, -0.1) is 0 Å². The fourth-order valence-electron chi connectivity index (χ4n) is 2.41. The largest absolute Gasteiger partial charge is 0.388 e. The van der Waals surface area contributed by atoms with E-state index in [2.05, 4.69) is 5.10 Å². The lowest BCUT2D eigenvalue weighted by molar-refractivity contribution is -0.138.